The van der Waals surface area contributed by atoms with E-state index in [9.17, 15) is 5.11 Å². The molecule has 4 rings (SSSR count). The zero-order valence-corrected chi connectivity index (χ0v) is 15.6. The van der Waals surface area contributed by atoms with Crippen molar-refractivity contribution >= 4 is 17.2 Å². The summed E-state index contributed by atoms with van der Waals surface area (Å²) in [5.41, 5.74) is 6.22. The Hall–Kier alpha value is -2.23. The highest BCUT2D eigenvalue weighted by Gasteiger charge is 2.43. The summed E-state index contributed by atoms with van der Waals surface area (Å²) in [4.78, 5) is 9.08. The fourth-order valence-corrected chi connectivity index (χ4v) is 4.37. The Kier molecular flexibility index (Phi) is 3.67. The predicted octanol–water partition coefficient (Wildman–Crippen LogP) is 4.33. The summed E-state index contributed by atoms with van der Waals surface area (Å²) in [6.45, 7) is 5.18. The summed E-state index contributed by atoms with van der Waals surface area (Å²) in [5.74, 6) is 1.40. The van der Waals surface area contributed by atoms with Crippen molar-refractivity contribution in [2.24, 2.45) is 5.41 Å². The second-order valence-electron chi connectivity index (χ2n) is 8.04. The standard InChI is InChI=1S/C21H27N3O/c1-14-15(2)20-16(10-18(14)25)11-21(8-5-9-21)13-24(20)17-6-7-19(22-12-17)23(3)4/h6-7,10,12,25H,5,8-9,11,13H2,1-4H3. The Morgan fingerprint density at radius 2 is 1.92 bits per heavy atom. The number of rotatable bonds is 2. The first-order valence-corrected chi connectivity index (χ1v) is 9.13. The Balaban J connectivity index is 1.83. The van der Waals surface area contributed by atoms with Crippen LogP contribution in [0.2, 0.25) is 0 Å². The number of hydrogen-bond donors (Lipinski definition) is 1. The van der Waals surface area contributed by atoms with Gasteiger partial charge in [-0.25, -0.2) is 4.98 Å². The zero-order valence-electron chi connectivity index (χ0n) is 15.6. The maximum Gasteiger partial charge on any atom is 0.128 e. The van der Waals surface area contributed by atoms with Crippen LogP contribution in [0.15, 0.2) is 24.4 Å². The molecular formula is C21H27N3O. The van der Waals surface area contributed by atoms with E-state index in [0.717, 1.165) is 30.0 Å². The summed E-state index contributed by atoms with van der Waals surface area (Å²) >= 11 is 0. The number of pyridine rings is 1. The van der Waals surface area contributed by atoms with Gasteiger partial charge in [-0.15, -0.1) is 0 Å². The molecule has 0 unspecified atom stereocenters. The summed E-state index contributed by atoms with van der Waals surface area (Å²) in [7, 11) is 4.02. The van der Waals surface area contributed by atoms with Crippen molar-refractivity contribution in [1.82, 2.24) is 4.98 Å². The molecule has 0 atom stereocenters. The van der Waals surface area contributed by atoms with Crippen LogP contribution >= 0.6 is 0 Å². The number of benzene rings is 1. The summed E-state index contributed by atoms with van der Waals surface area (Å²) in [6, 6.07) is 6.25. The average molecular weight is 337 g/mol. The van der Waals surface area contributed by atoms with Gasteiger partial charge in [-0.1, -0.05) is 6.42 Å². The lowest BCUT2D eigenvalue weighted by atomic mass is 9.63. The molecule has 1 N–H and O–H groups in total. The Bertz CT molecular complexity index is 807. The van der Waals surface area contributed by atoms with Gasteiger partial charge in [0.05, 0.1) is 11.9 Å². The third kappa shape index (κ3) is 2.55. The van der Waals surface area contributed by atoms with Gasteiger partial charge in [-0.2, -0.15) is 0 Å². The molecule has 1 aromatic carbocycles. The topological polar surface area (TPSA) is 39.6 Å². The van der Waals surface area contributed by atoms with Crippen LogP contribution in [0.1, 0.15) is 36.0 Å². The molecule has 1 aliphatic carbocycles. The number of phenolic OH excluding ortho intramolecular Hbond substituents is 1. The largest absolute Gasteiger partial charge is 0.508 e. The Morgan fingerprint density at radius 3 is 2.48 bits per heavy atom. The molecule has 132 valence electrons. The molecule has 1 aromatic heterocycles. The number of hydrogen-bond acceptors (Lipinski definition) is 4. The summed E-state index contributed by atoms with van der Waals surface area (Å²) in [6.07, 6.45) is 6.94. The molecule has 4 heteroatoms. The monoisotopic (exact) mass is 337 g/mol. The molecular weight excluding hydrogens is 310 g/mol. The molecule has 1 spiro atoms. The smallest absolute Gasteiger partial charge is 0.128 e. The third-order valence-electron chi connectivity index (χ3n) is 6.16. The second-order valence-corrected chi connectivity index (χ2v) is 8.04. The van der Waals surface area contributed by atoms with Gasteiger partial charge in [-0.3, -0.25) is 0 Å². The summed E-state index contributed by atoms with van der Waals surface area (Å²) in [5, 5.41) is 10.3. The molecule has 0 amide bonds. The normalized spacial score (nSPS) is 18.0. The van der Waals surface area contributed by atoms with Crippen LogP contribution in [0, 0.1) is 19.3 Å². The van der Waals surface area contributed by atoms with E-state index in [1.54, 1.807) is 0 Å². The molecule has 1 fully saturated rings. The van der Waals surface area contributed by atoms with Crippen molar-refractivity contribution in [3.8, 4) is 5.75 Å². The minimum absolute atomic E-state index is 0.362. The lowest BCUT2D eigenvalue weighted by Gasteiger charge is -2.50. The minimum atomic E-state index is 0.362. The Morgan fingerprint density at radius 1 is 1.16 bits per heavy atom. The highest BCUT2D eigenvalue weighted by molar-refractivity contribution is 5.74. The highest BCUT2D eigenvalue weighted by atomic mass is 16.3. The number of aromatic hydroxyl groups is 1. The molecule has 0 saturated heterocycles. The maximum absolute atomic E-state index is 10.3. The quantitative estimate of drug-likeness (QED) is 0.885. The van der Waals surface area contributed by atoms with Crippen LogP contribution in [0.4, 0.5) is 17.2 Å². The van der Waals surface area contributed by atoms with E-state index < -0.39 is 0 Å². The van der Waals surface area contributed by atoms with Crippen molar-refractivity contribution < 1.29 is 5.11 Å². The molecule has 1 aliphatic heterocycles. The van der Waals surface area contributed by atoms with Crippen LogP contribution in [0.5, 0.6) is 5.75 Å². The van der Waals surface area contributed by atoms with Gasteiger partial charge in [0.1, 0.15) is 11.6 Å². The van der Waals surface area contributed by atoms with Gasteiger partial charge in [0, 0.05) is 26.3 Å². The SMILES string of the molecule is Cc1c(O)cc2c(c1C)N(c1ccc(N(C)C)nc1)CC1(CCC1)C2. The van der Waals surface area contributed by atoms with Crippen LogP contribution in [0.3, 0.4) is 0 Å². The molecule has 0 bridgehead atoms. The average Bonchev–Trinajstić information content (AvgIpc) is 2.57. The van der Waals surface area contributed by atoms with Gasteiger partial charge in [-0.05, 0) is 73.4 Å². The molecule has 4 nitrogen and oxygen atoms in total. The van der Waals surface area contributed by atoms with E-state index in [1.165, 1.54) is 36.1 Å². The van der Waals surface area contributed by atoms with Gasteiger partial charge in [0.25, 0.3) is 0 Å². The number of aromatic nitrogens is 1. The van der Waals surface area contributed by atoms with Gasteiger partial charge < -0.3 is 14.9 Å². The lowest BCUT2D eigenvalue weighted by molar-refractivity contribution is 0.138. The van der Waals surface area contributed by atoms with Crippen molar-refractivity contribution in [2.75, 3.05) is 30.4 Å². The number of fused-ring (bicyclic) bond motifs is 1. The van der Waals surface area contributed by atoms with Crippen LogP contribution < -0.4 is 9.80 Å². The number of nitrogens with zero attached hydrogens (tertiary/aromatic N) is 3. The number of phenols is 1. The van der Waals surface area contributed by atoms with Crippen molar-refractivity contribution in [3.63, 3.8) is 0 Å². The molecule has 2 aromatic rings. The molecule has 2 aliphatic rings. The first-order chi connectivity index (χ1) is 11.9. The second kappa shape index (κ2) is 5.65. The van der Waals surface area contributed by atoms with E-state index in [4.69, 9.17) is 0 Å². The highest BCUT2D eigenvalue weighted by Crippen LogP contribution is 2.52. The van der Waals surface area contributed by atoms with Gasteiger partial charge >= 0.3 is 0 Å². The summed E-state index contributed by atoms with van der Waals surface area (Å²) < 4.78 is 0. The van der Waals surface area contributed by atoms with E-state index in [0.29, 0.717) is 11.2 Å². The van der Waals surface area contributed by atoms with Gasteiger partial charge in [0.2, 0.25) is 0 Å². The fraction of sp³-hybridized carbons (Fsp3) is 0.476. The predicted molar refractivity (Wildman–Crippen MR) is 103 cm³/mol. The van der Waals surface area contributed by atoms with E-state index in [1.807, 2.05) is 38.2 Å². The molecule has 1 saturated carbocycles. The van der Waals surface area contributed by atoms with Gasteiger partial charge in [0.15, 0.2) is 0 Å². The van der Waals surface area contributed by atoms with Crippen molar-refractivity contribution in [2.45, 2.75) is 39.5 Å². The third-order valence-corrected chi connectivity index (χ3v) is 6.16. The van der Waals surface area contributed by atoms with E-state index in [-0.39, 0.29) is 0 Å². The maximum atomic E-state index is 10.3. The lowest BCUT2D eigenvalue weighted by Crippen LogP contribution is -2.46. The molecule has 25 heavy (non-hydrogen) atoms. The van der Waals surface area contributed by atoms with Crippen molar-refractivity contribution in [3.05, 3.63) is 41.1 Å². The van der Waals surface area contributed by atoms with Crippen molar-refractivity contribution in [1.29, 1.82) is 0 Å². The molecule has 0 radical (unpaired) electrons. The Labute approximate surface area is 150 Å². The molecule has 2 heterocycles. The first kappa shape index (κ1) is 16.2. The fourth-order valence-electron chi connectivity index (χ4n) is 4.37. The van der Waals surface area contributed by atoms with E-state index in [2.05, 4.69) is 28.9 Å². The number of anilines is 3. The van der Waals surface area contributed by atoms with Crippen LogP contribution in [0.25, 0.3) is 0 Å². The minimum Gasteiger partial charge on any atom is -0.508 e. The van der Waals surface area contributed by atoms with E-state index >= 15 is 0 Å². The van der Waals surface area contributed by atoms with Crippen LogP contribution in [-0.2, 0) is 6.42 Å². The van der Waals surface area contributed by atoms with Crippen LogP contribution in [-0.4, -0.2) is 30.7 Å². The first-order valence-electron chi connectivity index (χ1n) is 9.13. The zero-order chi connectivity index (χ0) is 17.8.